The molecule has 1 fully saturated rings. The Balaban J connectivity index is 2.66. The Morgan fingerprint density at radius 3 is 2.27 bits per heavy atom. The van der Waals surface area contributed by atoms with E-state index in [0.717, 1.165) is 12.8 Å². The van der Waals surface area contributed by atoms with Crippen LogP contribution in [0.2, 0.25) is 0 Å². The summed E-state index contributed by atoms with van der Waals surface area (Å²) in [5, 5.41) is 0. The topological polar surface area (TPSA) is 20.3 Å². The molecule has 0 saturated carbocycles. The summed E-state index contributed by atoms with van der Waals surface area (Å²) in [5.74, 6) is -0.473. The second kappa shape index (κ2) is 4.95. The predicted molar refractivity (Wildman–Crippen MR) is 59.4 cm³/mol. The molecule has 1 saturated heterocycles. The third kappa shape index (κ3) is 2.50. The fourth-order valence-electron chi connectivity index (χ4n) is 2.22. The number of carbonyl (C=O) groups is 1. The molecule has 0 bridgehead atoms. The van der Waals surface area contributed by atoms with Crippen LogP contribution in [-0.2, 0) is 4.79 Å². The van der Waals surface area contributed by atoms with Gasteiger partial charge in [0, 0.05) is 12.1 Å². The third-order valence-corrected chi connectivity index (χ3v) is 3.59. The van der Waals surface area contributed by atoms with Gasteiger partial charge in [0.1, 0.15) is 0 Å². The summed E-state index contributed by atoms with van der Waals surface area (Å²) in [6.07, 6.45) is 1.39. The minimum absolute atomic E-state index is 0.169. The second-order valence-electron chi connectivity index (χ2n) is 4.81. The van der Waals surface area contributed by atoms with Crippen LogP contribution >= 0.6 is 0 Å². The van der Waals surface area contributed by atoms with E-state index in [-0.39, 0.29) is 23.9 Å². The number of amides is 1. The van der Waals surface area contributed by atoms with Crippen LogP contribution in [0.1, 0.15) is 47.0 Å². The molecule has 2 nitrogen and oxygen atoms in total. The minimum atomic E-state index is -1.32. The Bertz CT molecular complexity index is 222. The second-order valence-corrected chi connectivity index (χ2v) is 4.81. The average Bonchev–Trinajstić information content (AvgIpc) is 2.55. The number of rotatable bonds is 3. The van der Waals surface area contributed by atoms with Gasteiger partial charge in [0.25, 0.3) is 5.91 Å². The molecule has 88 valence electrons. The van der Waals surface area contributed by atoms with E-state index in [0.29, 0.717) is 6.42 Å². The third-order valence-electron chi connectivity index (χ3n) is 3.59. The van der Waals surface area contributed by atoms with Crippen molar-refractivity contribution in [2.45, 2.75) is 65.2 Å². The SMILES string of the molecule is CC[C@H](C)[C@@H](F)C(=O)N1[C@H](C)CC[C@H]1C. The van der Waals surface area contributed by atoms with E-state index < -0.39 is 6.17 Å². The van der Waals surface area contributed by atoms with Gasteiger partial charge in [0.15, 0.2) is 6.17 Å². The standard InChI is InChI=1S/C12H22FNO/c1-5-8(2)11(13)12(15)14-9(3)6-7-10(14)4/h8-11H,5-7H2,1-4H3/t8-,9+,10+,11+/m0/s1. The van der Waals surface area contributed by atoms with Crippen molar-refractivity contribution in [3.05, 3.63) is 0 Å². The Kier molecular flexibility index (Phi) is 4.12. The normalized spacial score (nSPS) is 30.3. The molecule has 0 radical (unpaired) electrons. The number of hydrogen-bond acceptors (Lipinski definition) is 1. The maximum Gasteiger partial charge on any atom is 0.257 e. The first-order chi connectivity index (χ1) is 6.99. The highest BCUT2D eigenvalue weighted by Crippen LogP contribution is 2.26. The van der Waals surface area contributed by atoms with Gasteiger partial charge in [0.05, 0.1) is 0 Å². The lowest BCUT2D eigenvalue weighted by atomic mass is 10.0. The monoisotopic (exact) mass is 215 g/mol. The number of alkyl halides is 1. The lowest BCUT2D eigenvalue weighted by Gasteiger charge is -2.29. The molecule has 0 N–H and O–H groups in total. The fourth-order valence-corrected chi connectivity index (χ4v) is 2.22. The number of carbonyl (C=O) groups excluding carboxylic acids is 1. The van der Waals surface area contributed by atoms with E-state index in [1.807, 2.05) is 20.8 Å². The highest BCUT2D eigenvalue weighted by molar-refractivity contribution is 5.82. The van der Waals surface area contributed by atoms with Crippen LogP contribution in [0, 0.1) is 5.92 Å². The molecule has 0 spiro atoms. The van der Waals surface area contributed by atoms with Crippen molar-refractivity contribution in [2.24, 2.45) is 5.92 Å². The Morgan fingerprint density at radius 1 is 1.40 bits per heavy atom. The summed E-state index contributed by atoms with van der Waals surface area (Å²) in [4.78, 5) is 13.7. The van der Waals surface area contributed by atoms with Crippen LogP contribution in [-0.4, -0.2) is 29.1 Å². The van der Waals surface area contributed by atoms with Crippen LogP contribution in [0.25, 0.3) is 0 Å². The van der Waals surface area contributed by atoms with Crippen molar-refractivity contribution < 1.29 is 9.18 Å². The lowest BCUT2D eigenvalue weighted by Crippen LogP contribution is -2.45. The predicted octanol–water partition coefficient (Wildman–Crippen LogP) is 2.77. The smallest absolute Gasteiger partial charge is 0.257 e. The van der Waals surface area contributed by atoms with E-state index in [2.05, 4.69) is 0 Å². The largest absolute Gasteiger partial charge is 0.335 e. The molecule has 1 aliphatic rings. The van der Waals surface area contributed by atoms with E-state index in [1.54, 1.807) is 11.8 Å². The number of hydrogen-bond donors (Lipinski definition) is 0. The van der Waals surface area contributed by atoms with E-state index in [1.165, 1.54) is 0 Å². The van der Waals surface area contributed by atoms with Gasteiger partial charge in [-0.25, -0.2) is 4.39 Å². The first-order valence-electron chi connectivity index (χ1n) is 5.95. The molecule has 4 atom stereocenters. The molecule has 1 aliphatic heterocycles. The molecule has 1 rings (SSSR count). The van der Waals surface area contributed by atoms with Gasteiger partial charge in [0.2, 0.25) is 0 Å². The summed E-state index contributed by atoms with van der Waals surface area (Å²) in [6.45, 7) is 7.73. The van der Waals surface area contributed by atoms with Gasteiger partial charge in [-0.05, 0) is 32.6 Å². The van der Waals surface area contributed by atoms with Gasteiger partial charge in [-0.15, -0.1) is 0 Å². The van der Waals surface area contributed by atoms with Crippen molar-refractivity contribution in [1.82, 2.24) is 4.90 Å². The van der Waals surface area contributed by atoms with Crippen molar-refractivity contribution in [1.29, 1.82) is 0 Å². The van der Waals surface area contributed by atoms with Crippen molar-refractivity contribution in [2.75, 3.05) is 0 Å². The minimum Gasteiger partial charge on any atom is -0.335 e. The molecule has 1 heterocycles. The van der Waals surface area contributed by atoms with Crippen LogP contribution in [0.15, 0.2) is 0 Å². The first-order valence-corrected chi connectivity index (χ1v) is 5.95. The Labute approximate surface area is 91.8 Å². The van der Waals surface area contributed by atoms with E-state index >= 15 is 0 Å². The maximum absolute atomic E-state index is 13.8. The van der Waals surface area contributed by atoms with Gasteiger partial charge in [-0.1, -0.05) is 20.3 Å². The van der Waals surface area contributed by atoms with Crippen molar-refractivity contribution in [3.63, 3.8) is 0 Å². The van der Waals surface area contributed by atoms with Gasteiger partial charge in [-0.3, -0.25) is 4.79 Å². The van der Waals surface area contributed by atoms with E-state index in [9.17, 15) is 9.18 Å². The van der Waals surface area contributed by atoms with Crippen LogP contribution in [0.3, 0.4) is 0 Å². The molecule has 3 heteroatoms. The van der Waals surface area contributed by atoms with Gasteiger partial charge >= 0.3 is 0 Å². The molecule has 15 heavy (non-hydrogen) atoms. The fraction of sp³-hybridized carbons (Fsp3) is 0.917. The van der Waals surface area contributed by atoms with Crippen LogP contribution < -0.4 is 0 Å². The van der Waals surface area contributed by atoms with Gasteiger partial charge in [-0.2, -0.15) is 0 Å². The highest BCUT2D eigenvalue weighted by atomic mass is 19.1. The summed E-state index contributed by atoms with van der Waals surface area (Å²) in [7, 11) is 0. The van der Waals surface area contributed by atoms with Crippen LogP contribution in [0.5, 0.6) is 0 Å². The molecular formula is C12H22FNO. The van der Waals surface area contributed by atoms with Gasteiger partial charge < -0.3 is 4.90 Å². The zero-order valence-corrected chi connectivity index (χ0v) is 10.2. The zero-order valence-electron chi connectivity index (χ0n) is 10.2. The van der Waals surface area contributed by atoms with Crippen molar-refractivity contribution >= 4 is 5.91 Å². The zero-order chi connectivity index (χ0) is 11.6. The summed E-state index contributed by atoms with van der Waals surface area (Å²) >= 11 is 0. The maximum atomic E-state index is 13.8. The summed E-state index contributed by atoms with van der Waals surface area (Å²) in [6, 6.07) is 0.407. The average molecular weight is 215 g/mol. The Hall–Kier alpha value is -0.600. The highest BCUT2D eigenvalue weighted by Gasteiger charge is 2.36. The number of nitrogens with zero attached hydrogens (tertiary/aromatic N) is 1. The first kappa shape index (κ1) is 12.5. The molecule has 0 aromatic rings. The molecule has 1 amide bonds. The molecule has 0 aliphatic carbocycles. The molecular weight excluding hydrogens is 193 g/mol. The molecule has 0 unspecified atom stereocenters. The van der Waals surface area contributed by atoms with Crippen molar-refractivity contribution in [3.8, 4) is 0 Å². The summed E-state index contributed by atoms with van der Waals surface area (Å²) < 4.78 is 13.8. The van der Waals surface area contributed by atoms with E-state index in [4.69, 9.17) is 0 Å². The summed E-state index contributed by atoms with van der Waals surface area (Å²) in [5.41, 5.74) is 0. The number of likely N-dealkylation sites (tertiary alicyclic amines) is 1. The molecule has 0 aromatic heterocycles. The molecule has 0 aromatic carbocycles. The Morgan fingerprint density at radius 2 is 1.87 bits per heavy atom. The quantitative estimate of drug-likeness (QED) is 0.709. The lowest BCUT2D eigenvalue weighted by molar-refractivity contribution is -0.140. The van der Waals surface area contributed by atoms with Crippen LogP contribution in [0.4, 0.5) is 4.39 Å². The number of halogens is 1.